The fourth-order valence-electron chi connectivity index (χ4n) is 4.47. The lowest BCUT2D eigenvalue weighted by atomic mass is 9.95. The lowest BCUT2D eigenvalue weighted by molar-refractivity contribution is 0.0950. The van der Waals surface area contributed by atoms with Crippen LogP contribution in [0.4, 0.5) is 0 Å². The van der Waals surface area contributed by atoms with Crippen molar-refractivity contribution in [3.05, 3.63) is 70.0 Å². The smallest absolute Gasteiger partial charge is 0.251 e. The van der Waals surface area contributed by atoms with Crippen LogP contribution in [0, 0.1) is 20.8 Å². The Morgan fingerprint density at radius 1 is 1.10 bits per heavy atom. The molecular weight excluding hydrogens is 360 g/mol. The van der Waals surface area contributed by atoms with Gasteiger partial charge in [0.25, 0.3) is 5.91 Å². The van der Waals surface area contributed by atoms with E-state index in [1.165, 1.54) is 29.7 Å². The maximum absolute atomic E-state index is 12.8. The fraction of sp³-hybridized carbons (Fsp3) is 0.375. The molecule has 3 aromatic rings. The van der Waals surface area contributed by atoms with Gasteiger partial charge in [-0.15, -0.1) is 0 Å². The Kier molecular flexibility index (Phi) is 5.47. The first kappa shape index (κ1) is 19.4. The third-order valence-corrected chi connectivity index (χ3v) is 5.68. The Morgan fingerprint density at radius 3 is 2.59 bits per heavy atom. The van der Waals surface area contributed by atoms with Gasteiger partial charge in [-0.3, -0.25) is 14.5 Å². The Hall–Kier alpha value is -2.95. The topological polar surface area (TPSA) is 59.8 Å². The van der Waals surface area contributed by atoms with E-state index >= 15 is 0 Å². The van der Waals surface area contributed by atoms with Gasteiger partial charge in [0.05, 0.1) is 12.2 Å². The molecule has 0 spiro atoms. The van der Waals surface area contributed by atoms with Crippen molar-refractivity contribution in [2.75, 3.05) is 6.54 Å². The van der Waals surface area contributed by atoms with Crippen LogP contribution in [-0.4, -0.2) is 27.2 Å². The molecular formula is C24H28N4O. The van der Waals surface area contributed by atoms with Gasteiger partial charge in [0, 0.05) is 29.6 Å². The predicted octanol–water partition coefficient (Wildman–Crippen LogP) is 4.18. The molecule has 4 rings (SSSR count). The summed E-state index contributed by atoms with van der Waals surface area (Å²) in [6.07, 6.45) is 6.29. The van der Waals surface area contributed by atoms with E-state index in [2.05, 4.69) is 34.0 Å². The minimum absolute atomic E-state index is 0.00836. The predicted molar refractivity (Wildman–Crippen MR) is 115 cm³/mol. The Labute approximate surface area is 172 Å². The number of amides is 1. The highest BCUT2D eigenvalue weighted by Gasteiger charge is 2.22. The molecule has 2 aromatic heterocycles. The van der Waals surface area contributed by atoms with Gasteiger partial charge in [0.2, 0.25) is 0 Å². The molecule has 1 amide bonds. The molecule has 0 unspecified atom stereocenters. The summed E-state index contributed by atoms with van der Waals surface area (Å²) >= 11 is 0. The molecule has 1 aliphatic carbocycles. The summed E-state index contributed by atoms with van der Waals surface area (Å²) in [6, 6.07) is 10.1. The molecule has 0 saturated carbocycles. The second kappa shape index (κ2) is 8.19. The van der Waals surface area contributed by atoms with Crippen molar-refractivity contribution < 1.29 is 4.79 Å². The molecule has 0 aliphatic heterocycles. The van der Waals surface area contributed by atoms with Gasteiger partial charge in [0.1, 0.15) is 5.69 Å². The summed E-state index contributed by atoms with van der Waals surface area (Å²) in [7, 11) is 0. The lowest BCUT2D eigenvalue weighted by Crippen LogP contribution is -2.29. The van der Waals surface area contributed by atoms with E-state index in [9.17, 15) is 4.79 Å². The number of pyridine rings is 1. The summed E-state index contributed by atoms with van der Waals surface area (Å²) in [5, 5.41) is 7.97. The zero-order chi connectivity index (χ0) is 20.4. The first-order chi connectivity index (χ1) is 14.0. The highest BCUT2D eigenvalue weighted by Crippen LogP contribution is 2.30. The summed E-state index contributed by atoms with van der Waals surface area (Å²) in [6.45, 7) is 7.28. The highest BCUT2D eigenvalue weighted by molar-refractivity contribution is 5.97. The summed E-state index contributed by atoms with van der Waals surface area (Å²) in [4.78, 5) is 17.3. The van der Waals surface area contributed by atoms with Gasteiger partial charge in [0.15, 0.2) is 0 Å². The van der Waals surface area contributed by atoms with Crippen molar-refractivity contribution in [2.45, 2.75) is 53.0 Å². The average Bonchev–Trinajstić information content (AvgIpc) is 3.07. The number of benzene rings is 1. The monoisotopic (exact) mass is 388 g/mol. The number of hydrogen-bond donors (Lipinski definition) is 1. The summed E-state index contributed by atoms with van der Waals surface area (Å²) in [5.74, 6) is -0.00836. The average molecular weight is 389 g/mol. The molecule has 5 heteroatoms. The van der Waals surface area contributed by atoms with Crippen LogP contribution in [0.2, 0.25) is 0 Å². The fourth-order valence-corrected chi connectivity index (χ4v) is 4.47. The van der Waals surface area contributed by atoms with Crippen LogP contribution in [0.15, 0.2) is 36.5 Å². The molecule has 150 valence electrons. The second-order valence-electron chi connectivity index (χ2n) is 7.95. The first-order valence-electron chi connectivity index (χ1n) is 10.4. The van der Waals surface area contributed by atoms with Gasteiger partial charge in [-0.05, 0) is 69.7 Å². The Balaban J connectivity index is 1.51. The lowest BCUT2D eigenvalue weighted by Gasteiger charge is -2.15. The quantitative estimate of drug-likeness (QED) is 0.713. The van der Waals surface area contributed by atoms with Gasteiger partial charge in [-0.25, -0.2) is 0 Å². The molecule has 0 atom stereocenters. The van der Waals surface area contributed by atoms with Crippen LogP contribution >= 0.6 is 0 Å². The number of hydrogen-bond acceptors (Lipinski definition) is 3. The number of aromatic nitrogens is 3. The van der Waals surface area contributed by atoms with E-state index in [1.54, 1.807) is 0 Å². The summed E-state index contributed by atoms with van der Waals surface area (Å²) in [5.41, 5.74) is 8.56. The molecule has 5 nitrogen and oxygen atoms in total. The molecule has 1 aliphatic rings. The molecule has 1 aromatic carbocycles. The van der Waals surface area contributed by atoms with Crippen molar-refractivity contribution in [1.29, 1.82) is 0 Å². The Morgan fingerprint density at radius 2 is 1.86 bits per heavy atom. The number of nitrogens with zero attached hydrogens (tertiary/aromatic N) is 3. The van der Waals surface area contributed by atoms with Gasteiger partial charge < -0.3 is 5.32 Å². The van der Waals surface area contributed by atoms with E-state index < -0.39 is 0 Å². The molecule has 0 bridgehead atoms. The Bertz CT molecular complexity index is 1010. The van der Waals surface area contributed by atoms with Crippen molar-refractivity contribution >= 4 is 5.91 Å². The van der Waals surface area contributed by atoms with Gasteiger partial charge in [-0.1, -0.05) is 23.8 Å². The van der Waals surface area contributed by atoms with Crippen molar-refractivity contribution in [2.24, 2.45) is 0 Å². The van der Waals surface area contributed by atoms with Crippen molar-refractivity contribution in [3.63, 3.8) is 0 Å². The number of rotatable bonds is 5. The largest absolute Gasteiger partial charge is 0.350 e. The second-order valence-corrected chi connectivity index (χ2v) is 7.95. The minimum atomic E-state index is -0.00836. The zero-order valence-electron chi connectivity index (χ0n) is 17.5. The highest BCUT2D eigenvalue weighted by atomic mass is 16.1. The standard InChI is InChI=1S/C24H28N4O/c1-16-14-17(2)22(18(3)15-16)24(29)26-12-13-28-21-10-5-4-8-19(21)23(27-28)20-9-6-7-11-25-20/h6-7,9,11,14-15H,4-5,8,10,12-13H2,1-3H3,(H,26,29). The number of nitrogens with one attached hydrogen (secondary N) is 1. The molecule has 29 heavy (non-hydrogen) atoms. The number of carbonyl (C=O) groups is 1. The van der Waals surface area contributed by atoms with Crippen molar-refractivity contribution in [3.8, 4) is 11.4 Å². The summed E-state index contributed by atoms with van der Waals surface area (Å²) < 4.78 is 2.08. The maximum Gasteiger partial charge on any atom is 0.251 e. The zero-order valence-corrected chi connectivity index (χ0v) is 17.5. The maximum atomic E-state index is 12.8. The third-order valence-electron chi connectivity index (χ3n) is 5.68. The van der Waals surface area contributed by atoms with E-state index in [0.717, 1.165) is 40.9 Å². The van der Waals surface area contributed by atoms with Crippen LogP contribution in [0.3, 0.4) is 0 Å². The number of carbonyl (C=O) groups excluding carboxylic acids is 1. The SMILES string of the molecule is Cc1cc(C)c(C(=O)NCCn2nc(-c3ccccn3)c3c2CCCC3)c(C)c1. The van der Waals surface area contributed by atoms with E-state index in [-0.39, 0.29) is 5.91 Å². The van der Waals surface area contributed by atoms with Crippen LogP contribution in [0.25, 0.3) is 11.4 Å². The molecule has 0 radical (unpaired) electrons. The van der Waals surface area contributed by atoms with E-state index in [4.69, 9.17) is 5.10 Å². The first-order valence-corrected chi connectivity index (χ1v) is 10.4. The van der Waals surface area contributed by atoms with Crippen LogP contribution in [0.1, 0.15) is 51.1 Å². The van der Waals surface area contributed by atoms with Crippen LogP contribution in [-0.2, 0) is 19.4 Å². The van der Waals surface area contributed by atoms with Crippen molar-refractivity contribution in [1.82, 2.24) is 20.1 Å². The van der Waals surface area contributed by atoms with E-state index in [0.29, 0.717) is 13.1 Å². The number of aryl methyl sites for hydroxylation is 3. The van der Waals surface area contributed by atoms with Crippen LogP contribution < -0.4 is 5.32 Å². The van der Waals surface area contributed by atoms with Gasteiger partial charge >= 0.3 is 0 Å². The number of fused-ring (bicyclic) bond motifs is 1. The minimum Gasteiger partial charge on any atom is -0.350 e. The molecule has 0 fully saturated rings. The van der Waals surface area contributed by atoms with Gasteiger partial charge in [-0.2, -0.15) is 5.10 Å². The van der Waals surface area contributed by atoms with E-state index in [1.807, 2.05) is 38.2 Å². The van der Waals surface area contributed by atoms with Crippen LogP contribution in [0.5, 0.6) is 0 Å². The molecule has 2 heterocycles. The third kappa shape index (κ3) is 3.95. The molecule has 1 N–H and O–H groups in total. The molecule has 0 saturated heterocycles. The normalized spacial score (nSPS) is 13.2.